The van der Waals surface area contributed by atoms with Gasteiger partial charge in [-0.1, -0.05) is 59.6 Å². The fourth-order valence-corrected chi connectivity index (χ4v) is 5.83. The maximum absolute atomic E-state index is 12.8. The van der Waals surface area contributed by atoms with Crippen molar-refractivity contribution in [1.82, 2.24) is 0 Å². The summed E-state index contributed by atoms with van der Waals surface area (Å²) in [5.41, 5.74) is 7.94. The van der Waals surface area contributed by atoms with Crippen LogP contribution in [0.2, 0.25) is 10.0 Å². The van der Waals surface area contributed by atoms with Gasteiger partial charge in [-0.2, -0.15) is 0 Å². The molecule has 9 nitrogen and oxygen atoms in total. The lowest BCUT2D eigenvalue weighted by Gasteiger charge is -2.14. The van der Waals surface area contributed by atoms with Gasteiger partial charge in [0.2, 0.25) is 9.84 Å². The number of ether oxygens (including phenoxy) is 1. The lowest BCUT2D eigenvalue weighted by Crippen LogP contribution is -2.30. The van der Waals surface area contributed by atoms with E-state index < -0.39 is 27.8 Å². The number of nitrogens with one attached hydrogen (secondary N) is 2. The first-order valence-electron chi connectivity index (χ1n) is 12.5. The number of nitrogens with two attached hydrogens (primary N) is 1. The zero-order valence-corrected chi connectivity index (χ0v) is 24.6. The van der Waals surface area contributed by atoms with E-state index in [2.05, 4.69) is 15.6 Å². The number of esters is 1. The van der Waals surface area contributed by atoms with Gasteiger partial charge < -0.3 is 21.1 Å². The Morgan fingerprint density at radius 2 is 1.36 bits per heavy atom. The number of benzene rings is 4. The van der Waals surface area contributed by atoms with Crippen LogP contribution in [0.3, 0.4) is 0 Å². The number of nitrogens with zero attached hydrogens (tertiary/aromatic N) is 1. The van der Waals surface area contributed by atoms with Gasteiger partial charge in [0.05, 0.1) is 32.5 Å². The number of anilines is 2. The molecule has 1 atom stereocenters. The third-order valence-corrected chi connectivity index (χ3v) is 8.50. The summed E-state index contributed by atoms with van der Waals surface area (Å²) in [6, 6.07) is 24.7. The SMILES string of the molecule is COC(=O)[C@H](Cc1ccc(NC(=O)c2c(Cl)cccc2Cl)cc1)N=C(N)Nc1ccc(S(=O)(=O)c2ccccc2)cc1. The van der Waals surface area contributed by atoms with E-state index in [-0.39, 0.29) is 37.8 Å². The molecule has 4 aromatic rings. The number of halogens is 2. The van der Waals surface area contributed by atoms with E-state index in [1.807, 2.05) is 0 Å². The molecule has 216 valence electrons. The van der Waals surface area contributed by atoms with Crippen molar-refractivity contribution >= 4 is 62.2 Å². The number of rotatable bonds is 9. The van der Waals surface area contributed by atoms with Gasteiger partial charge >= 0.3 is 5.97 Å². The van der Waals surface area contributed by atoms with E-state index in [1.165, 1.54) is 31.4 Å². The second-order valence-corrected chi connectivity index (χ2v) is 11.7. The lowest BCUT2D eigenvalue weighted by atomic mass is 10.1. The molecule has 0 heterocycles. The number of carbonyl (C=O) groups is 2. The molecule has 0 fully saturated rings. The van der Waals surface area contributed by atoms with Crippen LogP contribution in [0.25, 0.3) is 0 Å². The van der Waals surface area contributed by atoms with Crippen molar-refractivity contribution in [2.24, 2.45) is 10.7 Å². The van der Waals surface area contributed by atoms with E-state index in [9.17, 15) is 18.0 Å². The Labute approximate surface area is 253 Å². The zero-order valence-electron chi connectivity index (χ0n) is 22.3. The molecule has 0 aliphatic heterocycles. The van der Waals surface area contributed by atoms with Crippen LogP contribution >= 0.6 is 23.2 Å². The first-order chi connectivity index (χ1) is 20.1. The molecule has 0 saturated heterocycles. The summed E-state index contributed by atoms with van der Waals surface area (Å²) in [7, 11) is -2.42. The van der Waals surface area contributed by atoms with Crippen LogP contribution in [0.4, 0.5) is 11.4 Å². The summed E-state index contributed by atoms with van der Waals surface area (Å²) in [5.74, 6) is -1.13. The van der Waals surface area contributed by atoms with Gasteiger partial charge in [0.1, 0.15) is 0 Å². The van der Waals surface area contributed by atoms with E-state index in [0.29, 0.717) is 11.4 Å². The van der Waals surface area contributed by atoms with Crippen molar-refractivity contribution in [3.05, 3.63) is 118 Å². The minimum Gasteiger partial charge on any atom is -0.467 e. The maximum Gasteiger partial charge on any atom is 0.331 e. The van der Waals surface area contributed by atoms with Crippen molar-refractivity contribution < 1.29 is 22.7 Å². The smallest absolute Gasteiger partial charge is 0.331 e. The van der Waals surface area contributed by atoms with Gasteiger partial charge in [0, 0.05) is 17.8 Å². The second kappa shape index (κ2) is 13.5. The molecule has 0 aliphatic rings. The van der Waals surface area contributed by atoms with Crippen molar-refractivity contribution in [3.8, 4) is 0 Å². The average molecular weight is 626 g/mol. The molecule has 0 aromatic heterocycles. The molecule has 4 rings (SSSR count). The standard InChI is InChI=1S/C30H26Cl2N4O5S/c1-41-29(38)26(18-19-10-12-20(13-11-19)34-28(37)27-24(31)8-5-9-25(27)32)36-30(33)35-21-14-16-23(17-15-21)42(39,40)22-6-3-2-4-7-22/h2-17,26H,18H2,1H3,(H,34,37)(H3,33,35,36)/t26-/m0/s1. The number of sulfone groups is 1. The molecule has 12 heteroatoms. The summed E-state index contributed by atoms with van der Waals surface area (Å²) < 4.78 is 30.5. The van der Waals surface area contributed by atoms with E-state index in [1.54, 1.807) is 72.8 Å². The third kappa shape index (κ3) is 7.47. The predicted molar refractivity (Wildman–Crippen MR) is 164 cm³/mol. The zero-order chi connectivity index (χ0) is 30.3. The summed E-state index contributed by atoms with van der Waals surface area (Å²) in [6.07, 6.45) is 0.161. The Balaban J connectivity index is 1.43. The van der Waals surface area contributed by atoms with Crippen LogP contribution in [-0.2, 0) is 25.8 Å². The Bertz CT molecular complexity index is 1690. The molecular weight excluding hydrogens is 599 g/mol. The Hall–Kier alpha value is -4.38. The number of carbonyl (C=O) groups excluding carboxylic acids is 2. The van der Waals surface area contributed by atoms with Gasteiger partial charge in [-0.15, -0.1) is 0 Å². The first kappa shape index (κ1) is 30.6. The number of methoxy groups -OCH3 is 1. The topological polar surface area (TPSA) is 140 Å². The van der Waals surface area contributed by atoms with Crippen LogP contribution in [0.5, 0.6) is 0 Å². The molecule has 0 saturated carbocycles. The second-order valence-electron chi connectivity index (χ2n) is 8.97. The normalized spacial score (nSPS) is 12.3. The maximum atomic E-state index is 12.8. The number of hydrogen-bond acceptors (Lipinski definition) is 6. The highest BCUT2D eigenvalue weighted by molar-refractivity contribution is 7.91. The van der Waals surface area contributed by atoms with Crippen molar-refractivity contribution in [2.45, 2.75) is 22.3 Å². The molecular formula is C30H26Cl2N4O5S. The molecule has 1 amide bonds. The highest BCUT2D eigenvalue weighted by Gasteiger charge is 2.21. The Kier molecular flexibility index (Phi) is 9.84. The number of hydrogen-bond donors (Lipinski definition) is 3. The highest BCUT2D eigenvalue weighted by Crippen LogP contribution is 2.26. The Morgan fingerprint density at radius 3 is 1.95 bits per heavy atom. The van der Waals surface area contributed by atoms with Crippen LogP contribution in [-0.4, -0.2) is 39.4 Å². The Morgan fingerprint density at radius 1 is 0.810 bits per heavy atom. The molecule has 42 heavy (non-hydrogen) atoms. The third-order valence-electron chi connectivity index (χ3n) is 6.09. The van der Waals surface area contributed by atoms with Crippen LogP contribution in [0, 0.1) is 0 Å². The summed E-state index contributed by atoms with van der Waals surface area (Å²) in [6.45, 7) is 0. The fourth-order valence-electron chi connectivity index (χ4n) is 3.97. The van der Waals surface area contributed by atoms with Crippen molar-refractivity contribution in [1.29, 1.82) is 0 Å². The average Bonchev–Trinajstić information content (AvgIpc) is 2.98. The molecule has 0 aliphatic carbocycles. The van der Waals surface area contributed by atoms with Crippen LogP contribution in [0.1, 0.15) is 15.9 Å². The fraction of sp³-hybridized carbons (Fsp3) is 0.100. The quantitative estimate of drug-likeness (QED) is 0.125. The first-order valence-corrected chi connectivity index (χ1v) is 14.7. The minimum atomic E-state index is -3.67. The molecule has 0 spiro atoms. The van der Waals surface area contributed by atoms with Crippen LogP contribution in [0.15, 0.2) is 112 Å². The molecule has 0 radical (unpaired) electrons. The minimum absolute atomic E-state index is 0.0652. The molecule has 0 unspecified atom stereocenters. The largest absolute Gasteiger partial charge is 0.467 e. The van der Waals surface area contributed by atoms with Gasteiger partial charge in [0.15, 0.2) is 12.0 Å². The van der Waals surface area contributed by atoms with Crippen molar-refractivity contribution in [3.63, 3.8) is 0 Å². The number of guanidine groups is 1. The van der Waals surface area contributed by atoms with E-state index in [0.717, 1.165) is 5.56 Å². The predicted octanol–water partition coefficient (Wildman–Crippen LogP) is 5.59. The molecule has 0 bridgehead atoms. The van der Waals surface area contributed by atoms with Gasteiger partial charge in [-0.05, 0) is 66.2 Å². The summed E-state index contributed by atoms with van der Waals surface area (Å²) >= 11 is 12.2. The summed E-state index contributed by atoms with van der Waals surface area (Å²) in [4.78, 5) is 29.7. The van der Waals surface area contributed by atoms with E-state index >= 15 is 0 Å². The van der Waals surface area contributed by atoms with Gasteiger partial charge in [-0.25, -0.2) is 18.2 Å². The number of amides is 1. The summed E-state index contributed by atoms with van der Waals surface area (Å²) in [5, 5.41) is 6.07. The van der Waals surface area contributed by atoms with Crippen LogP contribution < -0.4 is 16.4 Å². The van der Waals surface area contributed by atoms with E-state index in [4.69, 9.17) is 33.7 Å². The molecule has 4 N–H and O–H groups in total. The van der Waals surface area contributed by atoms with Gasteiger partial charge in [0.25, 0.3) is 5.91 Å². The lowest BCUT2D eigenvalue weighted by molar-refractivity contribution is -0.142. The monoisotopic (exact) mass is 624 g/mol. The number of aliphatic imine (C=N–C) groups is 1. The molecule has 4 aromatic carbocycles. The van der Waals surface area contributed by atoms with Crippen molar-refractivity contribution in [2.75, 3.05) is 17.7 Å². The highest BCUT2D eigenvalue weighted by atomic mass is 35.5. The van der Waals surface area contributed by atoms with Gasteiger partial charge in [-0.3, -0.25) is 4.79 Å².